The standard InChI is InChI=1S/C25H28ClFN4O2S/c26-21-10-3-2-9-20(21)24-29-23(33-30-24)16-31-13-5-8-18(15-31)25(32)28-12-6-14-34-17-19-7-1-4-11-22(19)27/h1-4,7,9-11,18H,5-6,8,12-17H2,(H,28,32). The van der Waals surface area contributed by atoms with Gasteiger partial charge in [0, 0.05) is 24.4 Å². The summed E-state index contributed by atoms with van der Waals surface area (Å²) in [7, 11) is 0. The van der Waals surface area contributed by atoms with Crippen molar-refractivity contribution in [3.05, 3.63) is 70.8 Å². The number of halogens is 2. The van der Waals surface area contributed by atoms with E-state index in [4.69, 9.17) is 16.1 Å². The molecule has 6 nitrogen and oxygen atoms in total. The van der Waals surface area contributed by atoms with Crippen molar-refractivity contribution in [3.8, 4) is 11.4 Å². The number of hydrogen-bond acceptors (Lipinski definition) is 6. The van der Waals surface area contributed by atoms with E-state index in [9.17, 15) is 9.18 Å². The summed E-state index contributed by atoms with van der Waals surface area (Å²) >= 11 is 7.90. The first-order valence-electron chi connectivity index (χ1n) is 11.5. The van der Waals surface area contributed by atoms with Crippen LogP contribution in [0.2, 0.25) is 5.02 Å². The van der Waals surface area contributed by atoms with Crippen LogP contribution in [0, 0.1) is 11.7 Å². The number of amides is 1. The molecule has 1 N–H and O–H groups in total. The first-order chi connectivity index (χ1) is 16.6. The van der Waals surface area contributed by atoms with E-state index < -0.39 is 0 Å². The van der Waals surface area contributed by atoms with E-state index in [1.165, 1.54) is 6.07 Å². The summed E-state index contributed by atoms with van der Waals surface area (Å²) in [6, 6.07) is 14.2. The maximum absolute atomic E-state index is 13.6. The Balaban J connectivity index is 1.17. The van der Waals surface area contributed by atoms with Gasteiger partial charge in [-0.3, -0.25) is 9.69 Å². The minimum Gasteiger partial charge on any atom is -0.356 e. The lowest BCUT2D eigenvalue weighted by Gasteiger charge is -2.30. The summed E-state index contributed by atoms with van der Waals surface area (Å²) in [5.74, 6) is 2.38. The molecule has 3 aromatic rings. The van der Waals surface area contributed by atoms with Gasteiger partial charge in [-0.15, -0.1) is 0 Å². The Labute approximate surface area is 208 Å². The van der Waals surface area contributed by atoms with Crippen molar-refractivity contribution in [2.45, 2.75) is 31.6 Å². The SMILES string of the molecule is O=C(NCCCSCc1ccccc1F)C1CCCN(Cc2nc(-c3ccccc3Cl)no2)C1. The van der Waals surface area contributed by atoms with Gasteiger partial charge in [-0.2, -0.15) is 16.7 Å². The largest absolute Gasteiger partial charge is 0.356 e. The van der Waals surface area contributed by atoms with Crippen LogP contribution in [-0.2, 0) is 17.1 Å². The highest BCUT2D eigenvalue weighted by Gasteiger charge is 2.26. The zero-order valence-electron chi connectivity index (χ0n) is 18.9. The van der Waals surface area contributed by atoms with Gasteiger partial charge in [0.1, 0.15) is 5.82 Å². The van der Waals surface area contributed by atoms with Gasteiger partial charge >= 0.3 is 0 Å². The lowest BCUT2D eigenvalue weighted by molar-refractivity contribution is -0.126. The molecule has 0 spiro atoms. The van der Waals surface area contributed by atoms with Gasteiger partial charge in [-0.1, -0.05) is 47.1 Å². The minimum atomic E-state index is -0.161. The Morgan fingerprint density at radius 1 is 1.24 bits per heavy atom. The average Bonchev–Trinajstić information content (AvgIpc) is 3.30. The number of aromatic nitrogens is 2. The maximum atomic E-state index is 13.6. The molecule has 1 aliphatic rings. The molecule has 1 atom stereocenters. The fourth-order valence-corrected chi connectivity index (χ4v) is 5.17. The molecule has 1 saturated heterocycles. The van der Waals surface area contributed by atoms with Crippen molar-refractivity contribution < 1.29 is 13.7 Å². The van der Waals surface area contributed by atoms with E-state index in [2.05, 4.69) is 20.4 Å². The molecule has 1 aromatic heterocycles. The van der Waals surface area contributed by atoms with Crippen LogP contribution in [0.3, 0.4) is 0 Å². The molecule has 0 radical (unpaired) electrons. The molecule has 180 valence electrons. The lowest BCUT2D eigenvalue weighted by atomic mass is 9.97. The maximum Gasteiger partial charge on any atom is 0.241 e. The number of rotatable bonds is 10. The highest BCUT2D eigenvalue weighted by molar-refractivity contribution is 7.98. The molecule has 9 heteroatoms. The van der Waals surface area contributed by atoms with Gasteiger partial charge in [0.25, 0.3) is 0 Å². The summed E-state index contributed by atoms with van der Waals surface area (Å²) in [5.41, 5.74) is 1.46. The minimum absolute atomic E-state index is 0.0502. The average molecular weight is 503 g/mol. The summed E-state index contributed by atoms with van der Waals surface area (Å²) in [6.07, 6.45) is 2.68. The topological polar surface area (TPSA) is 71.3 Å². The van der Waals surface area contributed by atoms with Crippen LogP contribution in [0.4, 0.5) is 4.39 Å². The summed E-state index contributed by atoms with van der Waals surface area (Å²) < 4.78 is 19.1. The zero-order chi connectivity index (χ0) is 23.8. The van der Waals surface area contributed by atoms with Gasteiger partial charge in [-0.25, -0.2) is 4.39 Å². The second-order valence-electron chi connectivity index (χ2n) is 8.35. The Hall–Kier alpha value is -2.42. The third kappa shape index (κ3) is 6.81. The van der Waals surface area contributed by atoms with Gasteiger partial charge < -0.3 is 9.84 Å². The second kappa shape index (κ2) is 12.3. The van der Waals surface area contributed by atoms with Gasteiger partial charge in [0.15, 0.2) is 0 Å². The fraction of sp³-hybridized carbons (Fsp3) is 0.400. The van der Waals surface area contributed by atoms with Crippen molar-refractivity contribution >= 4 is 29.3 Å². The molecular formula is C25H28ClFN4O2S. The van der Waals surface area contributed by atoms with Crippen LogP contribution in [-0.4, -0.2) is 46.3 Å². The fourth-order valence-electron chi connectivity index (χ4n) is 4.00. The molecule has 1 aliphatic heterocycles. The molecule has 0 saturated carbocycles. The predicted molar refractivity (Wildman–Crippen MR) is 133 cm³/mol. The molecule has 1 amide bonds. The highest BCUT2D eigenvalue weighted by atomic mass is 35.5. The first-order valence-corrected chi connectivity index (χ1v) is 13.0. The van der Waals surface area contributed by atoms with Crippen LogP contribution >= 0.6 is 23.4 Å². The van der Waals surface area contributed by atoms with Gasteiger partial charge in [-0.05, 0) is 55.3 Å². The van der Waals surface area contributed by atoms with Crippen LogP contribution in [0.1, 0.15) is 30.7 Å². The second-order valence-corrected chi connectivity index (χ2v) is 9.87. The molecule has 2 aromatic carbocycles. The highest BCUT2D eigenvalue weighted by Crippen LogP contribution is 2.26. The van der Waals surface area contributed by atoms with Crippen molar-refractivity contribution in [1.29, 1.82) is 0 Å². The Bertz CT molecular complexity index is 1100. The number of likely N-dealkylation sites (tertiary alicyclic amines) is 1. The molecule has 0 aliphatic carbocycles. The van der Waals surface area contributed by atoms with Crippen molar-refractivity contribution in [1.82, 2.24) is 20.4 Å². The monoisotopic (exact) mass is 502 g/mol. The van der Waals surface area contributed by atoms with Crippen LogP contribution in [0.25, 0.3) is 11.4 Å². The van der Waals surface area contributed by atoms with Crippen LogP contribution < -0.4 is 5.32 Å². The summed E-state index contributed by atoms with van der Waals surface area (Å²) in [5, 5.41) is 7.70. The van der Waals surface area contributed by atoms with E-state index >= 15 is 0 Å². The van der Waals surface area contributed by atoms with E-state index in [0.717, 1.165) is 42.7 Å². The van der Waals surface area contributed by atoms with Gasteiger partial charge in [0.2, 0.25) is 17.6 Å². The Kier molecular flexibility index (Phi) is 8.96. The van der Waals surface area contributed by atoms with E-state index in [0.29, 0.717) is 42.1 Å². The van der Waals surface area contributed by atoms with Crippen molar-refractivity contribution in [2.75, 3.05) is 25.4 Å². The molecule has 4 rings (SSSR count). The number of piperidine rings is 1. The third-order valence-electron chi connectivity index (χ3n) is 5.80. The number of nitrogens with zero attached hydrogens (tertiary/aromatic N) is 3. The zero-order valence-corrected chi connectivity index (χ0v) is 20.5. The molecule has 1 fully saturated rings. The normalized spacial score (nSPS) is 16.5. The Morgan fingerprint density at radius 2 is 2.06 bits per heavy atom. The smallest absolute Gasteiger partial charge is 0.241 e. The quantitative estimate of drug-likeness (QED) is 0.385. The number of thioether (sulfide) groups is 1. The molecule has 2 heterocycles. The van der Waals surface area contributed by atoms with E-state index in [-0.39, 0.29) is 17.6 Å². The molecule has 1 unspecified atom stereocenters. The number of hydrogen-bond donors (Lipinski definition) is 1. The summed E-state index contributed by atoms with van der Waals surface area (Å²) in [6.45, 7) is 2.69. The van der Waals surface area contributed by atoms with Crippen molar-refractivity contribution in [2.24, 2.45) is 5.92 Å². The van der Waals surface area contributed by atoms with Crippen LogP contribution in [0.15, 0.2) is 53.1 Å². The number of nitrogens with one attached hydrogen (secondary N) is 1. The van der Waals surface area contributed by atoms with E-state index in [1.54, 1.807) is 23.9 Å². The molecule has 0 bridgehead atoms. The molecule has 34 heavy (non-hydrogen) atoms. The predicted octanol–water partition coefficient (Wildman–Crippen LogP) is 5.18. The lowest BCUT2D eigenvalue weighted by Crippen LogP contribution is -2.43. The van der Waals surface area contributed by atoms with Crippen LogP contribution in [0.5, 0.6) is 0 Å². The van der Waals surface area contributed by atoms with E-state index in [1.807, 2.05) is 30.3 Å². The molecular weight excluding hydrogens is 475 g/mol. The van der Waals surface area contributed by atoms with Crippen molar-refractivity contribution in [3.63, 3.8) is 0 Å². The van der Waals surface area contributed by atoms with Gasteiger partial charge in [0.05, 0.1) is 17.5 Å². The summed E-state index contributed by atoms with van der Waals surface area (Å²) in [4.78, 5) is 19.3. The first kappa shape index (κ1) is 24.7. The number of carbonyl (C=O) groups is 1. The number of benzene rings is 2. The third-order valence-corrected chi connectivity index (χ3v) is 7.22. The Morgan fingerprint density at radius 3 is 2.91 bits per heavy atom. The number of carbonyl (C=O) groups excluding carboxylic acids is 1.